The van der Waals surface area contributed by atoms with E-state index in [2.05, 4.69) is 12.2 Å². The topological polar surface area (TPSA) is 98.3 Å². The first-order valence-corrected chi connectivity index (χ1v) is 6.82. The molecule has 1 saturated carbocycles. The number of nitrogen functional groups attached to an aromatic ring is 1. The van der Waals surface area contributed by atoms with E-state index >= 15 is 0 Å². The molecule has 3 N–H and O–H groups in total. The van der Waals surface area contributed by atoms with E-state index in [1.165, 1.54) is 18.2 Å². The van der Waals surface area contributed by atoms with Gasteiger partial charge in [-0.1, -0.05) is 6.92 Å². The second kappa shape index (κ2) is 5.90. The number of carbonyl (C=O) groups is 1. The van der Waals surface area contributed by atoms with Crippen molar-refractivity contribution in [2.24, 2.45) is 5.92 Å². The predicted molar refractivity (Wildman–Crippen MR) is 76.4 cm³/mol. The summed E-state index contributed by atoms with van der Waals surface area (Å²) in [6.45, 7) is 2.20. The van der Waals surface area contributed by atoms with Crippen molar-refractivity contribution in [1.82, 2.24) is 5.32 Å². The molecule has 1 aromatic carbocycles. The standard InChI is InChI=1S/C14H19N3O3/c1-9-2-5-11(6-3-9)16-14(18)12-8-10(15)4-7-13(12)17(19)20/h4,7-9,11H,2-3,5-6,15H2,1H3,(H,16,18). The lowest BCUT2D eigenvalue weighted by Gasteiger charge is -2.26. The highest BCUT2D eigenvalue weighted by atomic mass is 16.6. The molecule has 0 bridgehead atoms. The zero-order chi connectivity index (χ0) is 14.7. The number of nitro groups is 1. The Balaban J connectivity index is 2.12. The van der Waals surface area contributed by atoms with Crippen LogP contribution in [0.4, 0.5) is 11.4 Å². The van der Waals surface area contributed by atoms with E-state index in [1.807, 2.05) is 0 Å². The summed E-state index contributed by atoms with van der Waals surface area (Å²) >= 11 is 0. The molecule has 1 fully saturated rings. The van der Waals surface area contributed by atoms with Crippen molar-refractivity contribution in [3.05, 3.63) is 33.9 Å². The smallest absolute Gasteiger partial charge is 0.282 e. The van der Waals surface area contributed by atoms with Crippen molar-refractivity contribution < 1.29 is 9.72 Å². The number of amides is 1. The normalized spacial score (nSPS) is 22.2. The number of benzene rings is 1. The van der Waals surface area contributed by atoms with Crippen LogP contribution in [-0.2, 0) is 0 Å². The summed E-state index contributed by atoms with van der Waals surface area (Å²) in [6, 6.07) is 4.16. The Hall–Kier alpha value is -2.11. The summed E-state index contributed by atoms with van der Waals surface area (Å²) < 4.78 is 0. The summed E-state index contributed by atoms with van der Waals surface area (Å²) in [7, 11) is 0. The van der Waals surface area contributed by atoms with E-state index in [-0.39, 0.29) is 17.3 Å². The van der Waals surface area contributed by atoms with E-state index < -0.39 is 10.8 Å². The van der Waals surface area contributed by atoms with Gasteiger partial charge < -0.3 is 11.1 Å². The lowest BCUT2D eigenvalue weighted by molar-refractivity contribution is -0.385. The quantitative estimate of drug-likeness (QED) is 0.503. The van der Waals surface area contributed by atoms with Gasteiger partial charge in [0.25, 0.3) is 11.6 Å². The highest BCUT2D eigenvalue weighted by molar-refractivity contribution is 5.99. The minimum absolute atomic E-state index is 0.0358. The molecule has 1 amide bonds. The zero-order valence-electron chi connectivity index (χ0n) is 11.5. The van der Waals surface area contributed by atoms with Crippen LogP contribution in [-0.4, -0.2) is 16.9 Å². The van der Waals surface area contributed by atoms with E-state index in [4.69, 9.17) is 5.73 Å². The van der Waals surface area contributed by atoms with E-state index in [1.54, 1.807) is 0 Å². The van der Waals surface area contributed by atoms with Crippen LogP contribution in [0.1, 0.15) is 43.0 Å². The van der Waals surface area contributed by atoms with Crippen LogP contribution in [0.15, 0.2) is 18.2 Å². The van der Waals surface area contributed by atoms with Crippen molar-refractivity contribution >= 4 is 17.3 Å². The van der Waals surface area contributed by atoms with Crippen LogP contribution in [0.25, 0.3) is 0 Å². The molecule has 0 atom stereocenters. The van der Waals surface area contributed by atoms with Crippen LogP contribution in [0.2, 0.25) is 0 Å². The Morgan fingerprint density at radius 3 is 2.60 bits per heavy atom. The molecule has 0 spiro atoms. The van der Waals surface area contributed by atoms with Crippen LogP contribution < -0.4 is 11.1 Å². The third kappa shape index (κ3) is 3.26. The molecule has 2 rings (SSSR count). The first-order valence-electron chi connectivity index (χ1n) is 6.82. The molecule has 20 heavy (non-hydrogen) atoms. The minimum Gasteiger partial charge on any atom is -0.399 e. The maximum atomic E-state index is 12.2. The summed E-state index contributed by atoms with van der Waals surface area (Å²) in [6.07, 6.45) is 3.99. The Morgan fingerprint density at radius 2 is 2.00 bits per heavy atom. The fourth-order valence-corrected chi connectivity index (χ4v) is 2.56. The van der Waals surface area contributed by atoms with Crippen LogP contribution in [0, 0.1) is 16.0 Å². The van der Waals surface area contributed by atoms with Crippen molar-refractivity contribution in [2.75, 3.05) is 5.73 Å². The van der Waals surface area contributed by atoms with E-state index in [0.29, 0.717) is 11.6 Å². The number of nitro benzene ring substituents is 1. The lowest BCUT2D eigenvalue weighted by atomic mass is 9.87. The predicted octanol–water partition coefficient (Wildman–Crippen LogP) is 2.49. The molecular formula is C14H19N3O3. The number of rotatable bonds is 3. The second-order valence-electron chi connectivity index (χ2n) is 5.46. The monoisotopic (exact) mass is 277 g/mol. The number of nitrogens with one attached hydrogen (secondary N) is 1. The number of anilines is 1. The van der Waals surface area contributed by atoms with Gasteiger partial charge in [0.05, 0.1) is 4.92 Å². The maximum absolute atomic E-state index is 12.2. The Labute approximate surface area is 117 Å². The van der Waals surface area contributed by atoms with Crippen molar-refractivity contribution in [3.63, 3.8) is 0 Å². The summed E-state index contributed by atoms with van der Waals surface area (Å²) in [4.78, 5) is 22.6. The highest BCUT2D eigenvalue weighted by Crippen LogP contribution is 2.25. The number of carbonyl (C=O) groups excluding carboxylic acids is 1. The number of nitrogens with zero attached hydrogens (tertiary/aromatic N) is 1. The molecule has 1 aromatic rings. The average Bonchev–Trinajstić information content (AvgIpc) is 2.41. The molecule has 6 heteroatoms. The third-order valence-electron chi connectivity index (χ3n) is 3.81. The summed E-state index contributed by atoms with van der Waals surface area (Å²) in [5, 5.41) is 13.8. The molecule has 0 saturated heterocycles. The molecule has 108 valence electrons. The van der Waals surface area contributed by atoms with Gasteiger partial charge in [-0.25, -0.2) is 0 Å². The SMILES string of the molecule is CC1CCC(NC(=O)c2cc(N)ccc2[N+](=O)[O-])CC1. The zero-order valence-corrected chi connectivity index (χ0v) is 11.5. The van der Waals surface area contributed by atoms with Crippen LogP contribution in [0.5, 0.6) is 0 Å². The Kier molecular flexibility index (Phi) is 4.22. The number of hydrogen-bond donors (Lipinski definition) is 2. The van der Waals surface area contributed by atoms with Gasteiger partial charge in [-0.05, 0) is 43.7 Å². The van der Waals surface area contributed by atoms with Crippen molar-refractivity contribution in [2.45, 2.75) is 38.6 Å². The van der Waals surface area contributed by atoms with Gasteiger partial charge in [-0.15, -0.1) is 0 Å². The maximum Gasteiger partial charge on any atom is 0.282 e. The Morgan fingerprint density at radius 1 is 1.35 bits per heavy atom. The molecular weight excluding hydrogens is 258 g/mol. The van der Waals surface area contributed by atoms with E-state index in [0.717, 1.165) is 25.7 Å². The molecule has 0 heterocycles. The van der Waals surface area contributed by atoms with Crippen LogP contribution >= 0.6 is 0 Å². The van der Waals surface area contributed by atoms with Gasteiger partial charge >= 0.3 is 0 Å². The molecule has 1 aliphatic carbocycles. The van der Waals surface area contributed by atoms with Gasteiger partial charge in [-0.3, -0.25) is 14.9 Å². The van der Waals surface area contributed by atoms with Gasteiger partial charge in [0, 0.05) is 17.8 Å². The summed E-state index contributed by atoms with van der Waals surface area (Å²) in [5.41, 5.74) is 5.79. The molecule has 0 aromatic heterocycles. The minimum atomic E-state index is -0.558. The molecule has 1 aliphatic rings. The number of hydrogen-bond acceptors (Lipinski definition) is 4. The second-order valence-corrected chi connectivity index (χ2v) is 5.46. The highest BCUT2D eigenvalue weighted by Gasteiger charge is 2.24. The van der Waals surface area contributed by atoms with Gasteiger partial charge in [0.1, 0.15) is 5.56 Å². The largest absolute Gasteiger partial charge is 0.399 e. The van der Waals surface area contributed by atoms with Crippen molar-refractivity contribution in [3.8, 4) is 0 Å². The molecule has 6 nitrogen and oxygen atoms in total. The van der Waals surface area contributed by atoms with Crippen molar-refractivity contribution in [1.29, 1.82) is 0 Å². The van der Waals surface area contributed by atoms with Crippen LogP contribution in [0.3, 0.4) is 0 Å². The van der Waals surface area contributed by atoms with Gasteiger partial charge in [0.2, 0.25) is 0 Å². The average molecular weight is 277 g/mol. The first-order chi connectivity index (χ1) is 9.47. The van der Waals surface area contributed by atoms with Gasteiger partial charge in [-0.2, -0.15) is 0 Å². The fraction of sp³-hybridized carbons (Fsp3) is 0.500. The summed E-state index contributed by atoms with van der Waals surface area (Å²) in [5.74, 6) is 0.272. The molecule has 0 unspecified atom stereocenters. The fourth-order valence-electron chi connectivity index (χ4n) is 2.56. The van der Waals surface area contributed by atoms with E-state index in [9.17, 15) is 14.9 Å². The van der Waals surface area contributed by atoms with Gasteiger partial charge in [0.15, 0.2) is 0 Å². The first kappa shape index (κ1) is 14.3. The molecule has 0 radical (unpaired) electrons. The lowest BCUT2D eigenvalue weighted by Crippen LogP contribution is -2.37. The third-order valence-corrected chi connectivity index (χ3v) is 3.81. The molecule has 0 aliphatic heterocycles. The number of nitrogens with two attached hydrogens (primary N) is 1. The Bertz CT molecular complexity index is 522.